The van der Waals surface area contributed by atoms with Crippen LogP contribution in [0.1, 0.15) is 18.9 Å². The van der Waals surface area contributed by atoms with Gasteiger partial charge in [0, 0.05) is 12.1 Å². The summed E-state index contributed by atoms with van der Waals surface area (Å²) in [7, 11) is 1.67. The fourth-order valence-electron chi connectivity index (χ4n) is 2.66. The molecule has 3 aromatic rings. The lowest BCUT2D eigenvalue weighted by Gasteiger charge is -2.07. The number of benzene rings is 1. The lowest BCUT2D eigenvalue weighted by Crippen LogP contribution is -2.00. The molecule has 2 aromatic heterocycles. The number of fused-ring (bicyclic) bond motifs is 1. The van der Waals surface area contributed by atoms with Crippen LogP contribution in [0.5, 0.6) is 5.75 Å². The maximum absolute atomic E-state index is 5.81. The third-order valence-electron chi connectivity index (χ3n) is 3.81. The molecule has 1 aliphatic rings. The van der Waals surface area contributed by atoms with E-state index in [1.165, 1.54) is 12.8 Å². The molecule has 0 amide bonds. The number of hydrogen-bond acceptors (Lipinski definition) is 4. The van der Waals surface area contributed by atoms with Crippen molar-refractivity contribution in [2.24, 2.45) is 0 Å². The van der Waals surface area contributed by atoms with E-state index in [2.05, 4.69) is 15.6 Å². The highest BCUT2D eigenvalue weighted by molar-refractivity contribution is 5.82. The fourth-order valence-corrected chi connectivity index (χ4v) is 2.66. The van der Waals surface area contributed by atoms with Gasteiger partial charge in [-0.3, -0.25) is 0 Å². The van der Waals surface area contributed by atoms with Crippen molar-refractivity contribution < 1.29 is 4.74 Å². The lowest BCUT2D eigenvalue weighted by molar-refractivity contribution is 0.415. The average Bonchev–Trinajstić information content (AvgIpc) is 3.26. The highest BCUT2D eigenvalue weighted by Gasteiger charge is 2.29. The molecule has 0 aliphatic heterocycles. The molecule has 21 heavy (non-hydrogen) atoms. The van der Waals surface area contributed by atoms with Crippen LogP contribution < -0.4 is 10.5 Å². The van der Waals surface area contributed by atoms with Gasteiger partial charge in [0.1, 0.15) is 17.3 Å². The Bertz CT molecular complexity index is 820. The predicted octanol–water partition coefficient (Wildman–Crippen LogP) is 3.02. The molecule has 0 radical (unpaired) electrons. The minimum Gasteiger partial charge on any atom is -0.497 e. The van der Waals surface area contributed by atoms with E-state index in [0.717, 1.165) is 28.3 Å². The van der Waals surface area contributed by atoms with Gasteiger partial charge in [-0.25, -0.2) is 9.97 Å². The zero-order valence-electron chi connectivity index (χ0n) is 11.8. The fraction of sp³-hybridized carbons (Fsp3) is 0.250. The summed E-state index contributed by atoms with van der Waals surface area (Å²) in [5.74, 6) is 2.21. The van der Waals surface area contributed by atoms with Crippen LogP contribution in [0, 0.1) is 0 Å². The molecule has 1 fully saturated rings. The van der Waals surface area contributed by atoms with Gasteiger partial charge in [0.15, 0.2) is 5.82 Å². The molecular weight excluding hydrogens is 264 g/mol. The standard InChI is InChI=1S/C16H16N4O/c1-21-11-7-8-14-13(9-11)19-16(20(14)10-5-6-10)12-3-2-4-15(17)18-12/h2-4,7-10H,5-6H2,1H3,(H2,17,18). The quantitative estimate of drug-likeness (QED) is 0.801. The second-order valence-corrected chi connectivity index (χ2v) is 5.34. The number of imidazole rings is 1. The van der Waals surface area contributed by atoms with Crippen molar-refractivity contribution >= 4 is 16.9 Å². The van der Waals surface area contributed by atoms with Gasteiger partial charge in [0.05, 0.1) is 18.1 Å². The van der Waals surface area contributed by atoms with Crippen LogP contribution in [-0.4, -0.2) is 21.6 Å². The van der Waals surface area contributed by atoms with E-state index in [1.807, 2.05) is 24.3 Å². The van der Waals surface area contributed by atoms with Gasteiger partial charge in [-0.05, 0) is 37.1 Å². The predicted molar refractivity (Wildman–Crippen MR) is 82.2 cm³/mol. The van der Waals surface area contributed by atoms with Crippen LogP contribution in [0.4, 0.5) is 5.82 Å². The maximum Gasteiger partial charge on any atom is 0.160 e. The van der Waals surface area contributed by atoms with Crippen molar-refractivity contribution in [3.05, 3.63) is 36.4 Å². The molecule has 106 valence electrons. The van der Waals surface area contributed by atoms with Crippen LogP contribution in [0.15, 0.2) is 36.4 Å². The summed E-state index contributed by atoms with van der Waals surface area (Å²) in [5, 5.41) is 0. The third kappa shape index (κ3) is 2.01. The lowest BCUT2D eigenvalue weighted by atomic mass is 10.3. The molecule has 0 unspecified atom stereocenters. The number of anilines is 1. The molecule has 2 N–H and O–H groups in total. The summed E-state index contributed by atoms with van der Waals surface area (Å²) >= 11 is 0. The molecular formula is C16H16N4O. The third-order valence-corrected chi connectivity index (χ3v) is 3.81. The first kappa shape index (κ1) is 12.2. The molecule has 4 rings (SSSR count). The first-order valence-electron chi connectivity index (χ1n) is 7.05. The molecule has 5 heteroatoms. The summed E-state index contributed by atoms with van der Waals surface area (Å²) in [6.45, 7) is 0. The van der Waals surface area contributed by atoms with Gasteiger partial charge in [-0.2, -0.15) is 0 Å². The Kier molecular flexibility index (Phi) is 2.60. The zero-order chi connectivity index (χ0) is 14.4. The highest BCUT2D eigenvalue weighted by Crippen LogP contribution is 2.41. The molecule has 5 nitrogen and oxygen atoms in total. The van der Waals surface area contributed by atoms with E-state index in [4.69, 9.17) is 15.5 Å². The van der Waals surface area contributed by atoms with Gasteiger partial charge in [-0.1, -0.05) is 6.07 Å². The van der Waals surface area contributed by atoms with Gasteiger partial charge >= 0.3 is 0 Å². The first-order valence-corrected chi connectivity index (χ1v) is 7.05. The SMILES string of the molecule is COc1ccc2c(c1)nc(-c1cccc(N)n1)n2C1CC1. The Hall–Kier alpha value is -2.56. The minimum atomic E-state index is 0.513. The summed E-state index contributed by atoms with van der Waals surface area (Å²) in [4.78, 5) is 9.17. The van der Waals surface area contributed by atoms with Gasteiger partial charge in [-0.15, -0.1) is 0 Å². The Morgan fingerprint density at radius 2 is 2.05 bits per heavy atom. The van der Waals surface area contributed by atoms with Crippen LogP contribution >= 0.6 is 0 Å². The van der Waals surface area contributed by atoms with Crippen LogP contribution in [0.3, 0.4) is 0 Å². The Labute approximate surface area is 122 Å². The first-order chi connectivity index (χ1) is 10.3. The van der Waals surface area contributed by atoms with Crippen molar-refractivity contribution in [1.29, 1.82) is 0 Å². The zero-order valence-corrected chi connectivity index (χ0v) is 11.8. The van der Waals surface area contributed by atoms with Gasteiger partial charge < -0.3 is 15.0 Å². The van der Waals surface area contributed by atoms with Crippen LogP contribution in [0.2, 0.25) is 0 Å². The van der Waals surface area contributed by atoms with Crippen molar-refractivity contribution in [2.75, 3.05) is 12.8 Å². The topological polar surface area (TPSA) is 66.0 Å². The van der Waals surface area contributed by atoms with Crippen molar-refractivity contribution in [1.82, 2.24) is 14.5 Å². The Balaban J connectivity index is 1.97. The maximum atomic E-state index is 5.81. The number of rotatable bonds is 3. The second kappa shape index (κ2) is 4.48. The number of pyridine rings is 1. The van der Waals surface area contributed by atoms with E-state index >= 15 is 0 Å². The Morgan fingerprint density at radius 1 is 1.19 bits per heavy atom. The number of aromatic nitrogens is 3. The molecule has 0 spiro atoms. The monoisotopic (exact) mass is 280 g/mol. The number of methoxy groups -OCH3 is 1. The molecule has 1 aliphatic carbocycles. The largest absolute Gasteiger partial charge is 0.497 e. The highest BCUT2D eigenvalue weighted by atomic mass is 16.5. The van der Waals surface area contributed by atoms with E-state index in [1.54, 1.807) is 13.2 Å². The second-order valence-electron chi connectivity index (χ2n) is 5.34. The molecule has 0 bridgehead atoms. The minimum absolute atomic E-state index is 0.513. The molecule has 0 saturated heterocycles. The number of nitrogens with zero attached hydrogens (tertiary/aromatic N) is 3. The van der Waals surface area contributed by atoms with E-state index in [-0.39, 0.29) is 0 Å². The molecule has 2 heterocycles. The smallest absolute Gasteiger partial charge is 0.160 e. The number of nitrogens with two attached hydrogens (primary N) is 1. The normalized spacial score (nSPS) is 14.5. The van der Waals surface area contributed by atoms with Crippen LogP contribution in [0.25, 0.3) is 22.6 Å². The number of ether oxygens (including phenoxy) is 1. The summed E-state index contributed by atoms with van der Waals surface area (Å²) in [6.07, 6.45) is 2.37. The molecule has 1 saturated carbocycles. The van der Waals surface area contributed by atoms with Crippen molar-refractivity contribution in [3.63, 3.8) is 0 Å². The van der Waals surface area contributed by atoms with Crippen molar-refractivity contribution in [2.45, 2.75) is 18.9 Å². The number of hydrogen-bond donors (Lipinski definition) is 1. The Morgan fingerprint density at radius 3 is 2.76 bits per heavy atom. The summed E-state index contributed by atoms with van der Waals surface area (Å²) in [5.41, 5.74) is 8.68. The van der Waals surface area contributed by atoms with Gasteiger partial charge in [0.2, 0.25) is 0 Å². The van der Waals surface area contributed by atoms with E-state index in [0.29, 0.717) is 11.9 Å². The van der Waals surface area contributed by atoms with Gasteiger partial charge in [0.25, 0.3) is 0 Å². The van der Waals surface area contributed by atoms with E-state index < -0.39 is 0 Å². The number of nitrogen functional groups attached to an aromatic ring is 1. The summed E-state index contributed by atoms with van der Waals surface area (Å²) in [6, 6.07) is 12.2. The van der Waals surface area contributed by atoms with Crippen LogP contribution in [-0.2, 0) is 0 Å². The van der Waals surface area contributed by atoms with Crippen molar-refractivity contribution in [3.8, 4) is 17.3 Å². The molecule has 0 atom stereocenters. The van der Waals surface area contributed by atoms with E-state index in [9.17, 15) is 0 Å². The average molecular weight is 280 g/mol. The molecule has 1 aromatic carbocycles. The summed E-state index contributed by atoms with van der Waals surface area (Å²) < 4.78 is 7.56.